The summed E-state index contributed by atoms with van der Waals surface area (Å²) < 4.78 is 26.8. The Kier molecular flexibility index (Phi) is 16.2. The number of nitrogens with two attached hydrogens (primary N) is 1. The highest BCUT2D eigenvalue weighted by molar-refractivity contribution is 5.81. The Bertz CT molecular complexity index is 1120. The van der Waals surface area contributed by atoms with Gasteiger partial charge in [-0.3, -0.25) is 4.79 Å². The van der Waals surface area contributed by atoms with Crippen molar-refractivity contribution in [1.82, 2.24) is 10.6 Å². The molecule has 2 amide bonds. The Hall–Kier alpha value is -3.55. The summed E-state index contributed by atoms with van der Waals surface area (Å²) in [7, 11) is 0. The van der Waals surface area contributed by atoms with Crippen molar-refractivity contribution in [2.75, 3.05) is 72.6 Å². The molecule has 5 N–H and O–H groups in total. The van der Waals surface area contributed by atoms with Crippen molar-refractivity contribution in [2.24, 2.45) is 5.73 Å². The van der Waals surface area contributed by atoms with Crippen molar-refractivity contribution in [3.8, 4) is 11.1 Å². The van der Waals surface area contributed by atoms with E-state index in [0.29, 0.717) is 72.2 Å². The van der Waals surface area contributed by atoms with E-state index in [0.717, 1.165) is 22.3 Å². The Morgan fingerprint density at radius 1 is 0.773 bits per heavy atom. The van der Waals surface area contributed by atoms with Crippen LogP contribution >= 0.6 is 0 Å². The normalized spacial score (nSPS) is 12.8. The molecule has 1 aliphatic carbocycles. The summed E-state index contributed by atoms with van der Waals surface area (Å²) in [5.74, 6) is -1.39. The number of alkyl carbamates (subject to hydrolysis) is 1. The summed E-state index contributed by atoms with van der Waals surface area (Å²) in [5, 5.41) is 14.8. The van der Waals surface area contributed by atoms with Gasteiger partial charge in [0, 0.05) is 25.4 Å². The summed E-state index contributed by atoms with van der Waals surface area (Å²) >= 11 is 0. The van der Waals surface area contributed by atoms with Gasteiger partial charge in [-0.25, -0.2) is 9.59 Å². The number of hydrogen-bond acceptors (Lipinski definition) is 9. The summed E-state index contributed by atoms with van der Waals surface area (Å²) in [6.07, 6.45) is 0.728. The molecule has 44 heavy (non-hydrogen) atoms. The molecule has 0 radical (unpaired) electrons. The quantitative estimate of drug-likeness (QED) is 0.136. The third-order valence-corrected chi connectivity index (χ3v) is 7.03. The summed E-state index contributed by atoms with van der Waals surface area (Å²) in [5.41, 5.74) is 9.72. The maximum atomic E-state index is 12.5. The zero-order valence-electron chi connectivity index (χ0n) is 25.2. The van der Waals surface area contributed by atoms with Crippen LogP contribution < -0.4 is 16.4 Å². The van der Waals surface area contributed by atoms with Crippen LogP contribution in [-0.4, -0.2) is 102 Å². The SMILES string of the molecule is NCCOCCOCCOCCOCCC(=O)NCCCC[C@H](NC(=O)OCC1c2ccccc2-c2ccccc21)C(=O)O. The molecule has 0 aromatic heterocycles. The van der Waals surface area contributed by atoms with Gasteiger partial charge in [0.2, 0.25) is 5.91 Å². The molecule has 2 aromatic rings. The first-order valence-corrected chi connectivity index (χ1v) is 15.1. The smallest absolute Gasteiger partial charge is 0.407 e. The monoisotopic (exact) mass is 615 g/mol. The molecule has 0 bridgehead atoms. The molecule has 242 valence electrons. The number of fused-ring (bicyclic) bond motifs is 3. The predicted octanol–water partition coefficient (Wildman–Crippen LogP) is 2.68. The largest absolute Gasteiger partial charge is 0.480 e. The highest BCUT2D eigenvalue weighted by atomic mass is 16.6. The molecule has 0 unspecified atom stereocenters. The van der Waals surface area contributed by atoms with Gasteiger partial charge in [0.15, 0.2) is 0 Å². The fourth-order valence-electron chi connectivity index (χ4n) is 4.84. The third-order valence-electron chi connectivity index (χ3n) is 7.03. The Balaban J connectivity index is 1.21. The lowest BCUT2D eigenvalue weighted by molar-refractivity contribution is -0.139. The van der Waals surface area contributed by atoms with Crippen LogP contribution in [0.4, 0.5) is 4.79 Å². The molecule has 0 saturated carbocycles. The van der Waals surface area contributed by atoms with E-state index >= 15 is 0 Å². The number of carboxylic acid groups (broad SMARTS) is 1. The standard InChI is InChI=1S/C32H45N3O9/c33-13-16-41-18-20-43-22-21-42-19-17-40-15-12-30(36)34-14-6-5-11-29(31(37)38)35-32(39)44-23-28-26-9-3-1-7-24(26)25-8-2-4-10-27(25)28/h1-4,7-10,28-29H,5-6,11-23,33H2,(H,34,36)(H,35,39)(H,37,38)/t29-/m0/s1. The summed E-state index contributed by atoms with van der Waals surface area (Å²) in [6, 6.07) is 14.9. The number of ether oxygens (including phenoxy) is 5. The molecule has 3 rings (SSSR count). The number of carbonyl (C=O) groups is 3. The number of aliphatic carboxylic acids is 1. The van der Waals surface area contributed by atoms with Crippen molar-refractivity contribution < 1.29 is 43.2 Å². The Morgan fingerprint density at radius 2 is 1.32 bits per heavy atom. The third kappa shape index (κ3) is 12.2. The molecule has 0 heterocycles. The van der Waals surface area contributed by atoms with Crippen LogP contribution in [0.5, 0.6) is 0 Å². The van der Waals surface area contributed by atoms with Crippen LogP contribution in [-0.2, 0) is 33.3 Å². The van der Waals surface area contributed by atoms with Crippen molar-refractivity contribution in [1.29, 1.82) is 0 Å². The van der Waals surface area contributed by atoms with E-state index in [-0.39, 0.29) is 37.9 Å². The van der Waals surface area contributed by atoms with Crippen molar-refractivity contribution in [2.45, 2.75) is 37.6 Å². The van der Waals surface area contributed by atoms with Gasteiger partial charge in [-0.1, -0.05) is 48.5 Å². The molecular formula is C32H45N3O9. The highest BCUT2D eigenvalue weighted by Gasteiger charge is 2.29. The topological polar surface area (TPSA) is 168 Å². The van der Waals surface area contributed by atoms with Gasteiger partial charge in [-0.15, -0.1) is 0 Å². The minimum absolute atomic E-state index is 0.108. The second kappa shape index (κ2) is 20.4. The molecular weight excluding hydrogens is 570 g/mol. The molecule has 0 fully saturated rings. The number of carboxylic acids is 1. The second-order valence-electron chi connectivity index (χ2n) is 10.2. The van der Waals surface area contributed by atoms with E-state index in [1.807, 2.05) is 48.5 Å². The van der Waals surface area contributed by atoms with E-state index in [9.17, 15) is 19.5 Å². The van der Waals surface area contributed by atoms with Gasteiger partial charge in [0.05, 0.1) is 52.9 Å². The number of amides is 2. The number of unbranched alkanes of at least 4 members (excludes halogenated alkanes) is 1. The molecule has 0 aliphatic heterocycles. The first-order valence-electron chi connectivity index (χ1n) is 15.1. The molecule has 1 aliphatic rings. The maximum Gasteiger partial charge on any atom is 0.407 e. The van der Waals surface area contributed by atoms with Crippen LogP contribution in [0.3, 0.4) is 0 Å². The first-order chi connectivity index (χ1) is 21.5. The molecule has 1 atom stereocenters. The lowest BCUT2D eigenvalue weighted by Crippen LogP contribution is -2.41. The van der Waals surface area contributed by atoms with Crippen LogP contribution in [0.15, 0.2) is 48.5 Å². The Morgan fingerprint density at radius 3 is 1.89 bits per heavy atom. The van der Waals surface area contributed by atoms with Gasteiger partial charge < -0.3 is 45.2 Å². The van der Waals surface area contributed by atoms with Crippen molar-refractivity contribution >= 4 is 18.0 Å². The molecule has 12 nitrogen and oxygen atoms in total. The first kappa shape index (κ1) is 34.9. The highest BCUT2D eigenvalue weighted by Crippen LogP contribution is 2.44. The number of nitrogens with one attached hydrogen (secondary N) is 2. The summed E-state index contributed by atoms with van der Waals surface area (Å²) in [6.45, 7) is 4.49. The molecule has 12 heteroatoms. The molecule has 2 aromatic carbocycles. The van der Waals surface area contributed by atoms with Gasteiger partial charge in [-0.05, 0) is 41.5 Å². The molecule has 0 spiro atoms. The number of carbonyl (C=O) groups excluding carboxylic acids is 2. The lowest BCUT2D eigenvalue weighted by Gasteiger charge is -2.17. The number of benzene rings is 2. The van der Waals surface area contributed by atoms with Gasteiger partial charge >= 0.3 is 12.1 Å². The van der Waals surface area contributed by atoms with E-state index < -0.39 is 18.1 Å². The fraction of sp³-hybridized carbons (Fsp3) is 0.531. The van der Waals surface area contributed by atoms with Crippen LogP contribution in [0.25, 0.3) is 11.1 Å². The Labute approximate surface area is 258 Å². The van der Waals surface area contributed by atoms with Crippen LogP contribution in [0.2, 0.25) is 0 Å². The van der Waals surface area contributed by atoms with Gasteiger partial charge in [0.1, 0.15) is 12.6 Å². The zero-order chi connectivity index (χ0) is 31.4. The average molecular weight is 616 g/mol. The maximum absolute atomic E-state index is 12.5. The number of rotatable bonds is 23. The van der Waals surface area contributed by atoms with E-state index in [1.165, 1.54) is 0 Å². The van der Waals surface area contributed by atoms with E-state index in [4.69, 9.17) is 29.4 Å². The zero-order valence-corrected chi connectivity index (χ0v) is 25.2. The average Bonchev–Trinajstić information content (AvgIpc) is 3.35. The van der Waals surface area contributed by atoms with E-state index in [2.05, 4.69) is 10.6 Å². The number of hydrogen-bond donors (Lipinski definition) is 4. The molecule has 0 saturated heterocycles. The lowest BCUT2D eigenvalue weighted by atomic mass is 9.98. The van der Waals surface area contributed by atoms with Crippen molar-refractivity contribution in [3.63, 3.8) is 0 Å². The van der Waals surface area contributed by atoms with Gasteiger partial charge in [0.25, 0.3) is 0 Å². The van der Waals surface area contributed by atoms with Crippen LogP contribution in [0, 0.1) is 0 Å². The summed E-state index contributed by atoms with van der Waals surface area (Å²) in [4.78, 5) is 36.2. The second-order valence-corrected chi connectivity index (χ2v) is 10.2. The van der Waals surface area contributed by atoms with Gasteiger partial charge in [-0.2, -0.15) is 0 Å². The van der Waals surface area contributed by atoms with E-state index in [1.54, 1.807) is 0 Å². The minimum Gasteiger partial charge on any atom is -0.480 e. The minimum atomic E-state index is -1.14. The van der Waals surface area contributed by atoms with Crippen molar-refractivity contribution in [3.05, 3.63) is 59.7 Å². The predicted molar refractivity (Wildman–Crippen MR) is 163 cm³/mol. The van der Waals surface area contributed by atoms with Crippen LogP contribution in [0.1, 0.15) is 42.7 Å². The fourth-order valence-corrected chi connectivity index (χ4v) is 4.84.